The molecule has 1 unspecified atom stereocenters. The lowest BCUT2D eigenvalue weighted by atomic mass is 10.2. The van der Waals surface area contributed by atoms with Crippen LogP contribution in [0.2, 0.25) is 0 Å². The first kappa shape index (κ1) is 13.0. The summed E-state index contributed by atoms with van der Waals surface area (Å²) in [4.78, 5) is 11.6. The summed E-state index contributed by atoms with van der Waals surface area (Å²) < 4.78 is 26.5. The summed E-state index contributed by atoms with van der Waals surface area (Å²) in [5.41, 5.74) is -0.178. The third-order valence-electron chi connectivity index (χ3n) is 3.25. The van der Waals surface area contributed by atoms with Crippen molar-refractivity contribution in [3.8, 4) is 0 Å². The van der Waals surface area contributed by atoms with Crippen molar-refractivity contribution in [2.45, 2.75) is 26.3 Å². The van der Waals surface area contributed by atoms with Crippen molar-refractivity contribution in [3.05, 3.63) is 29.8 Å². The fourth-order valence-corrected chi connectivity index (χ4v) is 1.83. The van der Waals surface area contributed by atoms with E-state index in [9.17, 15) is 13.6 Å². The van der Waals surface area contributed by atoms with E-state index in [1.807, 2.05) is 0 Å². The number of hydrogen-bond acceptors (Lipinski definition) is 2. The molecule has 18 heavy (non-hydrogen) atoms. The van der Waals surface area contributed by atoms with Gasteiger partial charge in [0, 0.05) is 6.04 Å². The lowest BCUT2D eigenvalue weighted by Gasteiger charge is -2.09. The number of para-hydroxylation sites is 1. The zero-order valence-electron chi connectivity index (χ0n) is 10.4. The standard InChI is InChI=1S/C13H16F2N2O/c1-13(2)6-10(13)16-7-11(18)17-12-8(14)4-3-5-9(12)15/h3-5,10,16H,6-7H2,1-2H3,(H,17,18). The second-order valence-corrected chi connectivity index (χ2v) is 5.27. The molecule has 0 spiro atoms. The first-order chi connectivity index (χ1) is 8.40. The number of halogens is 2. The van der Waals surface area contributed by atoms with Crippen molar-refractivity contribution in [3.63, 3.8) is 0 Å². The Hall–Kier alpha value is -1.49. The molecule has 1 aliphatic rings. The molecule has 3 nitrogen and oxygen atoms in total. The molecule has 1 amide bonds. The molecule has 0 bridgehead atoms. The lowest BCUT2D eigenvalue weighted by molar-refractivity contribution is -0.115. The van der Waals surface area contributed by atoms with E-state index in [1.54, 1.807) is 0 Å². The third-order valence-corrected chi connectivity index (χ3v) is 3.25. The van der Waals surface area contributed by atoms with Gasteiger partial charge in [-0.3, -0.25) is 4.79 Å². The quantitative estimate of drug-likeness (QED) is 0.865. The molecule has 1 aromatic rings. The van der Waals surface area contributed by atoms with Crippen LogP contribution in [0.1, 0.15) is 20.3 Å². The minimum Gasteiger partial charge on any atom is -0.320 e. The molecule has 0 heterocycles. The smallest absolute Gasteiger partial charge is 0.238 e. The normalized spacial score (nSPS) is 20.6. The Kier molecular flexibility index (Phi) is 3.34. The van der Waals surface area contributed by atoms with E-state index < -0.39 is 17.5 Å². The van der Waals surface area contributed by atoms with E-state index in [0.717, 1.165) is 18.6 Å². The molecule has 1 aromatic carbocycles. The fourth-order valence-electron chi connectivity index (χ4n) is 1.83. The topological polar surface area (TPSA) is 41.1 Å². The molecule has 1 aliphatic carbocycles. The molecule has 0 aromatic heterocycles. The Labute approximate surface area is 105 Å². The minimum atomic E-state index is -0.768. The van der Waals surface area contributed by atoms with Crippen LogP contribution in [0.5, 0.6) is 0 Å². The van der Waals surface area contributed by atoms with Crippen LogP contribution in [0.15, 0.2) is 18.2 Å². The van der Waals surface area contributed by atoms with Crippen LogP contribution in [0.3, 0.4) is 0 Å². The molecule has 1 atom stereocenters. The largest absolute Gasteiger partial charge is 0.320 e. The number of amides is 1. The molecule has 0 radical (unpaired) electrons. The molecular weight excluding hydrogens is 238 g/mol. The van der Waals surface area contributed by atoms with Gasteiger partial charge in [-0.2, -0.15) is 0 Å². The summed E-state index contributed by atoms with van der Waals surface area (Å²) in [6.07, 6.45) is 1.01. The van der Waals surface area contributed by atoms with Crippen molar-refractivity contribution in [2.24, 2.45) is 5.41 Å². The Morgan fingerprint density at radius 2 is 1.94 bits per heavy atom. The van der Waals surface area contributed by atoms with E-state index in [0.29, 0.717) is 6.04 Å². The number of rotatable bonds is 4. The van der Waals surface area contributed by atoms with Gasteiger partial charge in [0.15, 0.2) is 0 Å². The maximum Gasteiger partial charge on any atom is 0.238 e. The Morgan fingerprint density at radius 3 is 2.44 bits per heavy atom. The lowest BCUT2D eigenvalue weighted by Crippen LogP contribution is -2.31. The number of nitrogens with one attached hydrogen (secondary N) is 2. The molecular formula is C13H16F2N2O. The second-order valence-electron chi connectivity index (χ2n) is 5.27. The highest BCUT2D eigenvalue weighted by atomic mass is 19.1. The van der Waals surface area contributed by atoms with E-state index in [2.05, 4.69) is 24.5 Å². The third kappa shape index (κ3) is 2.85. The van der Waals surface area contributed by atoms with E-state index in [-0.39, 0.29) is 17.6 Å². The summed E-state index contributed by atoms with van der Waals surface area (Å²) in [5, 5.41) is 5.29. The highest BCUT2D eigenvalue weighted by Gasteiger charge is 2.45. The van der Waals surface area contributed by atoms with Gasteiger partial charge in [-0.15, -0.1) is 0 Å². The van der Waals surface area contributed by atoms with Gasteiger partial charge in [-0.25, -0.2) is 8.78 Å². The highest BCUT2D eigenvalue weighted by Crippen LogP contribution is 2.44. The van der Waals surface area contributed by atoms with E-state index in [4.69, 9.17) is 0 Å². The number of carbonyl (C=O) groups excluding carboxylic acids is 1. The van der Waals surface area contributed by atoms with Gasteiger partial charge >= 0.3 is 0 Å². The van der Waals surface area contributed by atoms with Crippen LogP contribution in [0.4, 0.5) is 14.5 Å². The maximum atomic E-state index is 13.3. The average molecular weight is 254 g/mol. The van der Waals surface area contributed by atoms with Gasteiger partial charge < -0.3 is 10.6 Å². The predicted molar refractivity (Wildman–Crippen MR) is 65.2 cm³/mol. The van der Waals surface area contributed by atoms with E-state index >= 15 is 0 Å². The van der Waals surface area contributed by atoms with Crippen LogP contribution in [0, 0.1) is 17.0 Å². The van der Waals surface area contributed by atoms with Crippen LogP contribution < -0.4 is 10.6 Å². The molecule has 1 saturated carbocycles. The van der Waals surface area contributed by atoms with Crippen molar-refractivity contribution in [1.29, 1.82) is 0 Å². The van der Waals surface area contributed by atoms with Crippen LogP contribution in [0.25, 0.3) is 0 Å². The number of benzene rings is 1. The van der Waals surface area contributed by atoms with Crippen LogP contribution in [-0.4, -0.2) is 18.5 Å². The fraction of sp³-hybridized carbons (Fsp3) is 0.462. The molecule has 2 N–H and O–H groups in total. The second kappa shape index (κ2) is 4.65. The molecule has 0 aliphatic heterocycles. The van der Waals surface area contributed by atoms with Crippen LogP contribution >= 0.6 is 0 Å². The number of hydrogen-bond donors (Lipinski definition) is 2. The summed E-state index contributed by atoms with van der Waals surface area (Å²) in [5.74, 6) is -1.98. The number of carbonyl (C=O) groups is 1. The predicted octanol–water partition coefficient (Wildman–Crippen LogP) is 2.29. The average Bonchev–Trinajstić information content (AvgIpc) is 2.89. The van der Waals surface area contributed by atoms with Crippen LogP contribution in [-0.2, 0) is 4.79 Å². The Balaban J connectivity index is 1.88. The van der Waals surface area contributed by atoms with Crippen molar-refractivity contribution >= 4 is 11.6 Å². The first-order valence-electron chi connectivity index (χ1n) is 5.87. The SMILES string of the molecule is CC1(C)CC1NCC(=O)Nc1c(F)cccc1F. The highest BCUT2D eigenvalue weighted by molar-refractivity contribution is 5.92. The summed E-state index contributed by atoms with van der Waals surface area (Å²) in [6.45, 7) is 4.25. The Bertz CT molecular complexity index is 454. The van der Waals surface area contributed by atoms with Gasteiger partial charge in [0.25, 0.3) is 0 Å². The molecule has 1 fully saturated rings. The van der Waals surface area contributed by atoms with Gasteiger partial charge in [-0.1, -0.05) is 19.9 Å². The maximum absolute atomic E-state index is 13.3. The van der Waals surface area contributed by atoms with Gasteiger partial charge in [0.2, 0.25) is 5.91 Å². The monoisotopic (exact) mass is 254 g/mol. The molecule has 0 saturated heterocycles. The zero-order valence-corrected chi connectivity index (χ0v) is 10.4. The van der Waals surface area contributed by atoms with E-state index in [1.165, 1.54) is 6.07 Å². The van der Waals surface area contributed by atoms with Gasteiger partial charge in [0.1, 0.15) is 17.3 Å². The van der Waals surface area contributed by atoms with Gasteiger partial charge in [0.05, 0.1) is 6.54 Å². The molecule has 98 valence electrons. The van der Waals surface area contributed by atoms with Crippen molar-refractivity contribution in [1.82, 2.24) is 5.32 Å². The first-order valence-corrected chi connectivity index (χ1v) is 5.87. The summed E-state index contributed by atoms with van der Waals surface area (Å²) >= 11 is 0. The summed E-state index contributed by atoms with van der Waals surface area (Å²) in [7, 11) is 0. The molecule has 5 heteroatoms. The molecule has 2 rings (SSSR count). The Morgan fingerprint density at radius 1 is 1.39 bits per heavy atom. The van der Waals surface area contributed by atoms with Gasteiger partial charge in [-0.05, 0) is 24.0 Å². The minimum absolute atomic E-state index is 0.0574. The number of anilines is 1. The van der Waals surface area contributed by atoms with Crippen molar-refractivity contribution < 1.29 is 13.6 Å². The zero-order chi connectivity index (χ0) is 13.3. The summed E-state index contributed by atoms with van der Waals surface area (Å²) in [6, 6.07) is 3.77. The van der Waals surface area contributed by atoms with Crippen molar-refractivity contribution in [2.75, 3.05) is 11.9 Å².